The number of carbonyl (C=O) groups is 1. The minimum absolute atomic E-state index is 0.0344. The Kier molecular flexibility index (Phi) is 3.38. The number of hydrogen-bond acceptors (Lipinski definition) is 5. The van der Waals surface area contributed by atoms with Crippen molar-refractivity contribution < 1.29 is 14.3 Å². The zero-order valence-corrected chi connectivity index (χ0v) is 12.4. The van der Waals surface area contributed by atoms with Crippen molar-refractivity contribution in [3.05, 3.63) is 33.8 Å². The van der Waals surface area contributed by atoms with E-state index in [9.17, 15) is 4.79 Å². The van der Waals surface area contributed by atoms with Gasteiger partial charge >= 0.3 is 5.97 Å². The molecule has 0 radical (unpaired) electrons. The second-order valence-electron chi connectivity index (χ2n) is 5.75. The highest BCUT2D eigenvalue weighted by Crippen LogP contribution is 2.36. The van der Waals surface area contributed by atoms with E-state index < -0.39 is 0 Å². The molecule has 2 saturated heterocycles. The smallest absolute Gasteiger partial charge is 0.338 e. The van der Waals surface area contributed by atoms with Gasteiger partial charge in [0.2, 0.25) is 0 Å². The summed E-state index contributed by atoms with van der Waals surface area (Å²) < 4.78 is 11.1. The molecule has 4 rings (SSSR count). The maximum absolute atomic E-state index is 11.6. The van der Waals surface area contributed by atoms with Gasteiger partial charge in [-0.25, -0.2) is 4.79 Å². The first-order valence-corrected chi connectivity index (χ1v) is 7.66. The zero-order chi connectivity index (χ0) is 14.4. The molecule has 1 aromatic rings. The lowest BCUT2D eigenvalue weighted by Gasteiger charge is -2.43. The Hall–Kier alpha value is -1.14. The van der Waals surface area contributed by atoms with Crippen LogP contribution in [0, 0.1) is 0 Å². The first-order valence-electron chi connectivity index (χ1n) is 7.29. The van der Waals surface area contributed by atoms with Gasteiger partial charge in [-0.15, -0.1) is 0 Å². The Morgan fingerprint density at radius 3 is 3.19 bits per heavy atom. The number of nitrogens with zero attached hydrogens (tertiary/aromatic N) is 1. The fourth-order valence-corrected chi connectivity index (χ4v) is 3.67. The summed E-state index contributed by atoms with van der Waals surface area (Å²) in [4.78, 5) is 14.0. The Labute approximate surface area is 128 Å². The number of cyclic esters (lactones) is 1. The molecule has 1 N–H and O–H groups in total. The van der Waals surface area contributed by atoms with E-state index in [1.54, 1.807) is 6.07 Å². The maximum Gasteiger partial charge on any atom is 0.338 e. The quantitative estimate of drug-likeness (QED) is 0.794. The van der Waals surface area contributed by atoms with Crippen molar-refractivity contribution in [3.8, 4) is 0 Å². The summed E-state index contributed by atoms with van der Waals surface area (Å²) in [5.74, 6) is -0.287. The number of benzene rings is 1. The molecule has 0 bridgehead atoms. The third-order valence-electron chi connectivity index (χ3n) is 4.55. The highest BCUT2D eigenvalue weighted by atomic mass is 35.5. The number of nitrogens with one attached hydrogen (secondary N) is 1. The van der Waals surface area contributed by atoms with E-state index >= 15 is 0 Å². The van der Waals surface area contributed by atoms with E-state index in [0.717, 1.165) is 37.3 Å². The van der Waals surface area contributed by atoms with Crippen LogP contribution in [0.3, 0.4) is 0 Å². The summed E-state index contributed by atoms with van der Waals surface area (Å²) in [5, 5.41) is 4.01. The van der Waals surface area contributed by atoms with E-state index in [4.69, 9.17) is 21.1 Å². The average molecular weight is 309 g/mol. The molecule has 3 heterocycles. The number of rotatable bonds is 1. The molecular formula is C15H17ClN2O3. The molecule has 5 nitrogen and oxygen atoms in total. The first-order chi connectivity index (χ1) is 10.2. The molecule has 3 aliphatic heterocycles. The highest BCUT2D eigenvalue weighted by Gasteiger charge is 2.34. The van der Waals surface area contributed by atoms with Gasteiger partial charge in [0, 0.05) is 43.3 Å². The summed E-state index contributed by atoms with van der Waals surface area (Å²) in [5.41, 5.74) is 2.34. The van der Waals surface area contributed by atoms with Crippen LogP contribution >= 0.6 is 11.6 Å². The molecule has 2 fully saturated rings. The van der Waals surface area contributed by atoms with Crippen LogP contribution in [0.5, 0.6) is 0 Å². The minimum Gasteiger partial charge on any atom is -0.457 e. The largest absolute Gasteiger partial charge is 0.457 e. The van der Waals surface area contributed by atoms with Crippen LogP contribution in [0.2, 0.25) is 5.02 Å². The average Bonchev–Trinajstić information content (AvgIpc) is 2.90. The van der Waals surface area contributed by atoms with Crippen LogP contribution < -0.4 is 5.32 Å². The number of fused-ring (bicyclic) bond motifs is 2. The Bertz CT molecular complexity index is 593. The molecule has 0 spiro atoms. The van der Waals surface area contributed by atoms with Crippen molar-refractivity contribution in [2.45, 2.75) is 18.8 Å². The third kappa shape index (κ3) is 2.25. The van der Waals surface area contributed by atoms with Gasteiger partial charge in [-0.2, -0.15) is 0 Å². The Morgan fingerprint density at radius 2 is 2.29 bits per heavy atom. The molecule has 1 unspecified atom stereocenters. The fraction of sp³-hybridized carbons (Fsp3) is 0.533. The molecule has 1 aromatic carbocycles. The van der Waals surface area contributed by atoms with E-state index in [1.165, 1.54) is 0 Å². The van der Waals surface area contributed by atoms with Crippen LogP contribution in [-0.2, 0) is 16.1 Å². The SMILES string of the molecule is O=C1OCc2c1ccc([C@@H]1CN3CCNCC3CO1)c2Cl. The molecule has 21 heavy (non-hydrogen) atoms. The lowest BCUT2D eigenvalue weighted by atomic mass is 9.99. The predicted octanol–water partition coefficient (Wildman–Crippen LogP) is 1.36. The monoisotopic (exact) mass is 308 g/mol. The number of hydrogen-bond donors (Lipinski definition) is 1. The Balaban J connectivity index is 1.61. The van der Waals surface area contributed by atoms with E-state index in [2.05, 4.69) is 10.2 Å². The normalized spacial score (nSPS) is 28.9. The lowest BCUT2D eigenvalue weighted by Crippen LogP contribution is -2.57. The molecule has 2 atom stereocenters. The van der Waals surface area contributed by atoms with E-state index in [-0.39, 0.29) is 18.7 Å². The van der Waals surface area contributed by atoms with Gasteiger partial charge in [0.15, 0.2) is 0 Å². The molecule has 3 aliphatic rings. The van der Waals surface area contributed by atoms with Crippen molar-refractivity contribution in [1.29, 1.82) is 0 Å². The van der Waals surface area contributed by atoms with Gasteiger partial charge in [0.05, 0.1) is 23.3 Å². The summed E-state index contributed by atoms with van der Waals surface area (Å²) in [6, 6.07) is 4.16. The van der Waals surface area contributed by atoms with Gasteiger partial charge in [-0.1, -0.05) is 17.7 Å². The van der Waals surface area contributed by atoms with Crippen LogP contribution in [0.1, 0.15) is 27.6 Å². The third-order valence-corrected chi connectivity index (χ3v) is 5.00. The second kappa shape index (κ2) is 5.25. The van der Waals surface area contributed by atoms with Crippen molar-refractivity contribution in [2.75, 3.05) is 32.8 Å². The number of carbonyl (C=O) groups excluding carboxylic acids is 1. The summed E-state index contributed by atoms with van der Waals surface area (Å²) in [6.07, 6.45) is -0.0344. The standard InChI is InChI=1S/C15H17ClN2O3/c16-14-11(2-1-10-12(14)8-21-15(10)19)13-6-18-4-3-17-5-9(18)7-20-13/h1-2,9,13,17H,3-8H2/t9?,13-/m0/s1. The maximum atomic E-state index is 11.6. The zero-order valence-electron chi connectivity index (χ0n) is 11.6. The van der Waals surface area contributed by atoms with Crippen LogP contribution in [-0.4, -0.2) is 49.7 Å². The van der Waals surface area contributed by atoms with E-state index in [0.29, 0.717) is 23.2 Å². The number of ether oxygens (including phenoxy) is 2. The van der Waals surface area contributed by atoms with Gasteiger partial charge < -0.3 is 14.8 Å². The number of piperazine rings is 1. The topological polar surface area (TPSA) is 50.8 Å². The predicted molar refractivity (Wildman–Crippen MR) is 77.5 cm³/mol. The number of halogens is 1. The van der Waals surface area contributed by atoms with Crippen molar-refractivity contribution in [1.82, 2.24) is 10.2 Å². The molecule has 0 aromatic heterocycles. The van der Waals surface area contributed by atoms with Crippen LogP contribution in [0.15, 0.2) is 12.1 Å². The lowest BCUT2D eigenvalue weighted by molar-refractivity contribution is -0.0717. The van der Waals surface area contributed by atoms with Gasteiger partial charge in [0.1, 0.15) is 6.61 Å². The summed E-state index contributed by atoms with van der Waals surface area (Å²) in [7, 11) is 0. The molecule has 112 valence electrons. The summed E-state index contributed by atoms with van der Waals surface area (Å²) in [6.45, 7) is 4.86. The molecular weight excluding hydrogens is 292 g/mol. The molecule has 0 amide bonds. The van der Waals surface area contributed by atoms with Crippen molar-refractivity contribution >= 4 is 17.6 Å². The number of morpholine rings is 1. The van der Waals surface area contributed by atoms with Crippen LogP contribution in [0.25, 0.3) is 0 Å². The van der Waals surface area contributed by atoms with E-state index in [1.807, 2.05) is 6.07 Å². The first kappa shape index (κ1) is 13.5. The minimum atomic E-state index is -0.287. The Morgan fingerprint density at radius 1 is 1.38 bits per heavy atom. The van der Waals surface area contributed by atoms with Gasteiger partial charge in [-0.05, 0) is 6.07 Å². The van der Waals surface area contributed by atoms with Gasteiger partial charge in [-0.3, -0.25) is 4.90 Å². The van der Waals surface area contributed by atoms with Crippen LogP contribution in [0.4, 0.5) is 0 Å². The van der Waals surface area contributed by atoms with Crippen molar-refractivity contribution in [3.63, 3.8) is 0 Å². The summed E-state index contributed by atoms with van der Waals surface area (Å²) >= 11 is 6.48. The fourth-order valence-electron chi connectivity index (χ4n) is 3.32. The highest BCUT2D eigenvalue weighted by molar-refractivity contribution is 6.32. The van der Waals surface area contributed by atoms with Gasteiger partial charge in [0.25, 0.3) is 0 Å². The number of esters is 1. The molecule has 0 aliphatic carbocycles. The molecule has 6 heteroatoms. The van der Waals surface area contributed by atoms with Crippen molar-refractivity contribution in [2.24, 2.45) is 0 Å². The second-order valence-corrected chi connectivity index (χ2v) is 6.12. The molecule has 0 saturated carbocycles.